The van der Waals surface area contributed by atoms with Crippen LogP contribution < -0.4 is 10.2 Å². The van der Waals surface area contributed by atoms with Gasteiger partial charge in [-0.2, -0.15) is 0 Å². The van der Waals surface area contributed by atoms with E-state index in [2.05, 4.69) is 29.0 Å². The summed E-state index contributed by atoms with van der Waals surface area (Å²) in [5.41, 5.74) is 0.976. The minimum atomic E-state index is -0.107. The zero-order valence-corrected chi connectivity index (χ0v) is 13.5. The van der Waals surface area contributed by atoms with Crippen LogP contribution in [0.15, 0.2) is 18.3 Å². The normalized spacial score (nSPS) is 17.6. The van der Waals surface area contributed by atoms with E-state index in [0.29, 0.717) is 6.54 Å². The van der Waals surface area contributed by atoms with Gasteiger partial charge in [0.2, 0.25) is 0 Å². The number of rotatable bonds is 6. The molecular weight excluding hydrogens is 280 g/mol. The van der Waals surface area contributed by atoms with Crippen LogP contribution in [0.3, 0.4) is 0 Å². The molecule has 2 heterocycles. The lowest BCUT2D eigenvalue weighted by atomic mass is 10.2. The van der Waals surface area contributed by atoms with Crippen LogP contribution in [-0.4, -0.2) is 53.3 Å². The molecule has 1 unspecified atom stereocenters. The summed E-state index contributed by atoms with van der Waals surface area (Å²) in [6.45, 7) is 7.27. The topological polar surface area (TPSA) is 68.7 Å². The highest BCUT2D eigenvalue weighted by atomic mass is 16.3. The van der Waals surface area contributed by atoms with Crippen molar-refractivity contribution in [3.05, 3.63) is 23.9 Å². The molecule has 122 valence electrons. The first-order chi connectivity index (χ1) is 10.7. The smallest absolute Gasteiger partial charge is 0.317 e. The first kappa shape index (κ1) is 16.5. The van der Waals surface area contributed by atoms with Crippen LogP contribution in [-0.2, 0) is 6.54 Å². The summed E-state index contributed by atoms with van der Waals surface area (Å²) >= 11 is 0. The third kappa shape index (κ3) is 3.88. The molecule has 22 heavy (non-hydrogen) atoms. The molecule has 0 spiro atoms. The number of pyridine rings is 1. The van der Waals surface area contributed by atoms with E-state index in [1.165, 1.54) is 0 Å². The predicted molar refractivity (Wildman–Crippen MR) is 86.8 cm³/mol. The van der Waals surface area contributed by atoms with Crippen LogP contribution in [0.5, 0.6) is 0 Å². The van der Waals surface area contributed by atoms with Gasteiger partial charge in [-0.3, -0.25) is 0 Å². The molecule has 2 N–H and O–H groups in total. The Balaban J connectivity index is 1.87. The Bertz CT molecular complexity index is 474. The number of anilines is 1. The van der Waals surface area contributed by atoms with Gasteiger partial charge in [-0.15, -0.1) is 0 Å². The Morgan fingerprint density at radius 2 is 2.23 bits per heavy atom. The monoisotopic (exact) mass is 306 g/mol. The van der Waals surface area contributed by atoms with E-state index in [4.69, 9.17) is 0 Å². The summed E-state index contributed by atoms with van der Waals surface area (Å²) in [6.07, 6.45) is 3.64. The largest absolute Gasteiger partial charge is 0.394 e. The molecule has 6 heteroatoms. The van der Waals surface area contributed by atoms with Crippen LogP contribution in [0.4, 0.5) is 10.6 Å². The highest BCUT2D eigenvalue weighted by Crippen LogP contribution is 2.16. The van der Waals surface area contributed by atoms with Crippen molar-refractivity contribution in [2.45, 2.75) is 39.3 Å². The molecule has 1 aromatic rings. The number of amides is 2. The maximum absolute atomic E-state index is 12.1. The number of aliphatic hydroxyl groups is 1. The first-order valence-corrected chi connectivity index (χ1v) is 8.04. The zero-order valence-electron chi connectivity index (χ0n) is 13.5. The number of aromatic nitrogens is 1. The Morgan fingerprint density at radius 1 is 1.45 bits per heavy atom. The Hall–Kier alpha value is -1.82. The van der Waals surface area contributed by atoms with Crippen molar-refractivity contribution in [1.29, 1.82) is 0 Å². The average molecular weight is 306 g/mol. The number of hydrogen-bond acceptors (Lipinski definition) is 4. The number of hydrogen-bond donors (Lipinski definition) is 2. The average Bonchev–Trinajstić information content (AvgIpc) is 3.03. The van der Waals surface area contributed by atoms with Gasteiger partial charge in [0.05, 0.1) is 12.6 Å². The van der Waals surface area contributed by atoms with Gasteiger partial charge < -0.3 is 20.2 Å². The van der Waals surface area contributed by atoms with Gasteiger partial charge in [0.25, 0.3) is 0 Å². The number of nitrogens with one attached hydrogen (secondary N) is 1. The van der Waals surface area contributed by atoms with E-state index in [9.17, 15) is 9.90 Å². The fourth-order valence-electron chi connectivity index (χ4n) is 2.83. The molecular formula is C16H26N4O2. The second-order valence-electron chi connectivity index (χ2n) is 5.53. The first-order valence-electron chi connectivity index (χ1n) is 8.04. The van der Waals surface area contributed by atoms with Crippen molar-refractivity contribution in [2.24, 2.45) is 0 Å². The van der Waals surface area contributed by atoms with Crippen molar-refractivity contribution in [3.8, 4) is 0 Å². The molecule has 1 atom stereocenters. The Labute approximate surface area is 132 Å². The van der Waals surface area contributed by atoms with Crippen LogP contribution in [0.2, 0.25) is 0 Å². The van der Waals surface area contributed by atoms with Gasteiger partial charge >= 0.3 is 6.03 Å². The Morgan fingerprint density at radius 3 is 2.82 bits per heavy atom. The number of carbonyl (C=O) groups is 1. The third-order valence-electron chi connectivity index (χ3n) is 4.19. The summed E-state index contributed by atoms with van der Waals surface area (Å²) in [4.78, 5) is 20.5. The zero-order chi connectivity index (χ0) is 15.9. The number of carbonyl (C=O) groups excluding carboxylic acids is 1. The highest BCUT2D eigenvalue weighted by Gasteiger charge is 2.27. The molecule has 0 radical (unpaired) electrons. The maximum Gasteiger partial charge on any atom is 0.317 e. The van der Waals surface area contributed by atoms with E-state index >= 15 is 0 Å². The third-order valence-corrected chi connectivity index (χ3v) is 4.19. The molecule has 1 saturated heterocycles. The molecule has 0 bridgehead atoms. The van der Waals surface area contributed by atoms with Crippen molar-refractivity contribution < 1.29 is 9.90 Å². The summed E-state index contributed by atoms with van der Waals surface area (Å²) in [5, 5.41) is 12.2. The molecule has 1 aliphatic rings. The predicted octanol–water partition coefficient (Wildman–Crippen LogP) is 1.59. The molecule has 2 amide bonds. The van der Waals surface area contributed by atoms with Crippen LogP contribution >= 0.6 is 0 Å². The molecule has 1 aliphatic heterocycles. The fourth-order valence-corrected chi connectivity index (χ4v) is 2.83. The van der Waals surface area contributed by atoms with Crippen molar-refractivity contribution in [1.82, 2.24) is 15.2 Å². The number of likely N-dealkylation sites (tertiary alicyclic amines) is 1. The van der Waals surface area contributed by atoms with Gasteiger partial charge in [0.15, 0.2) is 0 Å². The summed E-state index contributed by atoms with van der Waals surface area (Å²) in [7, 11) is 0. The van der Waals surface area contributed by atoms with Gasteiger partial charge in [0, 0.05) is 32.4 Å². The lowest BCUT2D eigenvalue weighted by molar-refractivity contribution is 0.157. The van der Waals surface area contributed by atoms with E-state index in [0.717, 1.165) is 43.9 Å². The van der Waals surface area contributed by atoms with Gasteiger partial charge in [-0.25, -0.2) is 9.78 Å². The molecule has 0 aromatic carbocycles. The van der Waals surface area contributed by atoms with Gasteiger partial charge in [0.1, 0.15) is 5.82 Å². The SMILES string of the molecule is CCN(CC)c1ccc(CNC(=O)N2CCCC2CO)cn1. The van der Waals surface area contributed by atoms with Gasteiger partial charge in [-0.1, -0.05) is 6.07 Å². The molecule has 0 aliphatic carbocycles. The fraction of sp³-hybridized carbons (Fsp3) is 0.625. The molecule has 0 saturated carbocycles. The standard InChI is InChI=1S/C16H26N4O2/c1-3-19(4-2)15-8-7-13(10-17-15)11-18-16(22)20-9-5-6-14(20)12-21/h7-8,10,14,21H,3-6,9,11-12H2,1-2H3,(H,18,22). The van der Waals surface area contributed by atoms with Crippen molar-refractivity contribution in [2.75, 3.05) is 31.1 Å². The maximum atomic E-state index is 12.1. The van der Waals surface area contributed by atoms with E-state index < -0.39 is 0 Å². The highest BCUT2D eigenvalue weighted by molar-refractivity contribution is 5.74. The van der Waals surface area contributed by atoms with Crippen LogP contribution in [0.1, 0.15) is 32.3 Å². The summed E-state index contributed by atoms with van der Waals surface area (Å²) < 4.78 is 0. The minimum Gasteiger partial charge on any atom is -0.394 e. The number of urea groups is 1. The van der Waals surface area contributed by atoms with E-state index in [-0.39, 0.29) is 18.7 Å². The number of nitrogens with zero attached hydrogens (tertiary/aromatic N) is 3. The van der Waals surface area contributed by atoms with Crippen LogP contribution in [0.25, 0.3) is 0 Å². The lowest BCUT2D eigenvalue weighted by Gasteiger charge is -2.23. The molecule has 1 fully saturated rings. The summed E-state index contributed by atoms with van der Waals surface area (Å²) in [5.74, 6) is 0.958. The minimum absolute atomic E-state index is 0.0353. The van der Waals surface area contributed by atoms with E-state index in [1.54, 1.807) is 11.1 Å². The molecule has 1 aromatic heterocycles. The molecule has 6 nitrogen and oxygen atoms in total. The second kappa shape index (κ2) is 7.98. The van der Waals surface area contributed by atoms with Crippen molar-refractivity contribution in [3.63, 3.8) is 0 Å². The molecule has 2 rings (SSSR count). The van der Waals surface area contributed by atoms with Crippen LogP contribution in [0, 0.1) is 0 Å². The Kier molecular flexibility index (Phi) is 6.00. The van der Waals surface area contributed by atoms with Gasteiger partial charge in [-0.05, 0) is 38.3 Å². The second-order valence-corrected chi connectivity index (χ2v) is 5.53. The quantitative estimate of drug-likeness (QED) is 0.837. The lowest BCUT2D eigenvalue weighted by Crippen LogP contribution is -2.43. The number of aliphatic hydroxyl groups excluding tert-OH is 1. The van der Waals surface area contributed by atoms with Crippen molar-refractivity contribution >= 4 is 11.8 Å². The van der Waals surface area contributed by atoms with E-state index in [1.807, 2.05) is 12.1 Å². The summed E-state index contributed by atoms with van der Waals surface area (Å²) in [6, 6.07) is 3.84.